The van der Waals surface area contributed by atoms with Crippen molar-refractivity contribution < 1.29 is 0 Å². The van der Waals surface area contributed by atoms with Crippen molar-refractivity contribution in [2.75, 3.05) is 0 Å². The molecule has 1 aromatic rings. The highest BCUT2D eigenvalue weighted by molar-refractivity contribution is 5.21. The van der Waals surface area contributed by atoms with E-state index < -0.39 is 0 Å². The van der Waals surface area contributed by atoms with Crippen LogP contribution >= 0.6 is 0 Å². The van der Waals surface area contributed by atoms with Gasteiger partial charge in [0, 0.05) is 0 Å². The van der Waals surface area contributed by atoms with Crippen LogP contribution in [0.1, 0.15) is 83.3 Å². The lowest BCUT2D eigenvalue weighted by molar-refractivity contribution is 0.287. The van der Waals surface area contributed by atoms with Crippen molar-refractivity contribution in [3.05, 3.63) is 47.0 Å². The van der Waals surface area contributed by atoms with E-state index in [1.807, 2.05) is 0 Å². The number of benzene rings is 1. The second-order valence-corrected chi connectivity index (χ2v) is 8.21. The third-order valence-electron chi connectivity index (χ3n) is 6.25. The Morgan fingerprint density at radius 1 is 1.12 bits per heavy atom. The lowest BCUT2D eigenvalue weighted by atomic mass is 9.79. The van der Waals surface area contributed by atoms with Crippen LogP contribution in [0.5, 0.6) is 0 Å². The molecule has 1 aromatic carbocycles. The van der Waals surface area contributed by atoms with Crippen LogP contribution in [-0.4, -0.2) is 0 Å². The van der Waals surface area contributed by atoms with Crippen molar-refractivity contribution in [2.24, 2.45) is 17.8 Å². The van der Waals surface area contributed by atoms with Gasteiger partial charge in [-0.15, -0.1) is 0 Å². The predicted molar refractivity (Wildman–Crippen MR) is 107 cm³/mol. The van der Waals surface area contributed by atoms with Crippen molar-refractivity contribution in [1.82, 2.24) is 0 Å². The molecule has 1 fully saturated rings. The smallest absolute Gasteiger partial charge is 0.0229 e. The minimum atomic E-state index is 0.763. The Morgan fingerprint density at radius 3 is 2.54 bits per heavy atom. The molecule has 0 aliphatic heterocycles. The van der Waals surface area contributed by atoms with Gasteiger partial charge in [0.15, 0.2) is 0 Å². The van der Waals surface area contributed by atoms with Crippen LogP contribution in [0.2, 0.25) is 0 Å². The minimum absolute atomic E-state index is 0.763. The molecule has 1 aliphatic rings. The lowest BCUT2D eigenvalue weighted by Gasteiger charge is -2.26. The molecular formula is C24H38. The fourth-order valence-electron chi connectivity index (χ4n) is 4.45. The molecule has 1 saturated carbocycles. The molecule has 0 heteroatoms. The third kappa shape index (κ3) is 6.11. The molecular weight excluding hydrogens is 288 g/mol. The van der Waals surface area contributed by atoms with Crippen LogP contribution in [-0.2, 0) is 6.42 Å². The van der Waals surface area contributed by atoms with Crippen molar-refractivity contribution in [2.45, 2.75) is 85.5 Å². The van der Waals surface area contributed by atoms with Crippen molar-refractivity contribution >= 4 is 0 Å². The van der Waals surface area contributed by atoms with Gasteiger partial charge in [-0.2, -0.15) is 0 Å². The second-order valence-electron chi connectivity index (χ2n) is 8.21. The molecule has 3 atom stereocenters. The molecule has 134 valence electrons. The number of aryl methyl sites for hydroxylation is 2. The molecule has 0 aromatic heterocycles. The van der Waals surface area contributed by atoms with Gasteiger partial charge in [0.25, 0.3) is 0 Å². The Bertz CT molecular complexity index is 493. The van der Waals surface area contributed by atoms with Crippen LogP contribution in [0.4, 0.5) is 0 Å². The van der Waals surface area contributed by atoms with Gasteiger partial charge in [-0.1, -0.05) is 87.4 Å². The van der Waals surface area contributed by atoms with Gasteiger partial charge in [-0.05, 0) is 62.8 Å². The minimum Gasteiger partial charge on any atom is -0.0882 e. The van der Waals surface area contributed by atoms with Crippen molar-refractivity contribution in [1.29, 1.82) is 0 Å². The number of allylic oxidation sites excluding steroid dienone is 2. The quantitative estimate of drug-likeness (QED) is 0.359. The first-order valence-corrected chi connectivity index (χ1v) is 10.3. The number of hydrogen-bond donors (Lipinski definition) is 0. The van der Waals surface area contributed by atoms with Gasteiger partial charge >= 0.3 is 0 Å². The molecule has 0 bridgehead atoms. The fraction of sp³-hybridized carbons (Fsp3) is 0.667. The standard InChI is InChI=1S/C24H38/c1-5-23(13-9-11-22-16-14-19(2)15-17-22)21(4)18-24-12-8-6-7-10-20(24)3/h5,14-17,20-21,24H,6-13,18H2,1-4H3/b23-5-. The second kappa shape index (κ2) is 10.1. The Morgan fingerprint density at radius 2 is 1.83 bits per heavy atom. The van der Waals surface area contributed by atoms with Gasteiger partial charge in [0.05, 0.1) is 0 Å². The van der Waals surface area contributed by atoms with Crippen LogP contribution in [0, 0.1) is 24.7 Å². The molecule has 0 spiro atoms. The molecule has 3 unspecified atom stereocenters. The highest BCUT2D eigenvalue weighted by atomic mass is 14.3. The first-order valence-electron chi connectivity index (χ1n) is 10.3. The van der Waals surface area contributed by atoms with Crippen LogP contribution in [0.15, 0.2) is 35.9 Å². The molecule has 0 saturated heterocycles. The maximum absolute atomic E-state index is 2.50. The van der Waals surface area contributed by atoms with Crippen LogP contribution in [0.25, 0.3) is 0 Å². The fourth-order valence-corrected chi connectivity index (χ4v) is 4.45. The summed E-state index contributed by atoms with van der Waals surface area (Å²) in [5, 5.41) is 0. The zero-order valence-electron chi connectivity index (χ0n) is 16.5. The van der Waals surface area contributed by atoms with E-state index in [4.69, 9.17) is 0 Å². The third-order valence-corrected chi connectivity index (χ3v) is 6.25. The number of hydrogen-bond acceptors (Lipinski definition) is 0. The zero-order valence-corrected chi connectivity index (χ0v) is 16.5. The van der Waals surface area contributed by atoms with Gasteiger partial charge < -0.3 is 0 Å². The SMILES string of the molecule is C/C=C(/CCCc1ccc(C)cc1)C(C)CC1CCCCCC1C. The molecule has 0 nitrogen and oxygen atoms in total. The van der Waals surface area contributed by atoms with Crippen molar-refractivity contribution in [3.63, 3.8) is 0 Å². The van der Waals surface area contributed by atoms with Gasteiger partial charge in [0.2, 0.25) is 0 Å². The molecule has 24 heavy (non-hydrogen) atoms. The summed E-state index contributed by atoms with van der Waals surface area (Å²) in [6, 6.07) is 9.06. The summed E-state index contributed by atoms with van der Waals surface area (Å²) in [5.74, 6) is 2.65. The summed E-state index contributed by atoms with van der Waals surface area (Å²) in [7, 11) is 0. The summed E-state index contributed by atoms with van der Waals surface area (Å²) in [5.41, 5.74) is 4.54. The largest absolute Gasteiger partial charge is 0.0882 e. The van der Waals surface area contributed by atoms with E-state index in [0.29, 0.717) is 0 Å². The maximum Gasteiger partial charge on any atom is -0.0229 e. The maximum atomic E-state index is 2.50. The van der Waals surface area contributed by atoms with Crippen molar-refractivity contribution in [3.8, 4) is 0 Å². The average molecular weight is 327 g/mol. The highest BCUT2D eigenvalue weighted by Gasteiger charge is 2.22. The van der Waals surface area contributed by atoms with E-state index in [1.165, 1.54) is 68.9 Å². The van der Waals surface area contributed by atoms with Gasteiger partial charge in [-0.25, -0.2) is 0 Å². The highest BCUT2D eigenvalue weighted by Crippen LogP contribution is 2.35. The molecule has 0 radical (unpaired) electrons. The molecule has 0 amide bonds. The lowest BCUT2D eigenvalue weighted by Crippen LogP contribution is -2.15. The first kappa shape index (κ1) is 19.3. The van der Waals surface area contributed by atoms with Crippen LogP contribution in [0.3, 0.4) is 0 Å². The topological polar surface area (TPSA) is 0 Å². The van der Waals surface area contributed by atoms with E-state index in [2.05, 4.69) is 58.0 Å². The van der Waals surface area contributed by atoms with E-state index in [1.54, 1.807) is 5.57 Å². The number of rotatable bonds is 7. The molecule has 1 aliphatic carbocycles. The monoisotopic (exact) mass is 326 g/mol. The summed E-state index contributed by atoms with van der Waals surface area (Å²) in [6.07, 6.45) is 14.9. The summed E-state index contributed by atoms with van der Waals surface area (Å²) < 4.78 is 0. The Kier molecular flexibility index (Phi) is 8.09. The first-order chi connectivity index (χ1) is 11.6. The molecule has 0 N–H and O–H groups in total. The Balaban J connectivity index is 1.80. The average Bonchev–Trinajstić information content (AvgIpc) is 2.78. The molecule has 2 rings (SSSR count). The van der Waals surface area contributed by atoms with Gasteiger partial charge in [0.1, 0.15) is 0 Å². The van der Waals surface area contributed by atoms with E-state index in [9.17, 15) is 0 Å². The van der Waals surface area contributed by atoms with E-state index >= 15 is 0 Å². The Hall–Kier alpha value is -1.04. The normalized spacial score (nSPS) is 23.8. The predicted octanol–water partition coefficient (Wildman–Crippen LogP) is 7.51. The van der Waals surface area contributed by atoms with E-state index in [-0.39, 0.29) is 0 Å². The molecule has 0 heterocycles. The summed E-state index contributed by atoms with van der Waals surface area (Å²) >= 11 is 0. The van der Waals surface area contributed by atoms with E-state index in [0.717, 1.165) is 17.8 Å². The summed E-state index contributed by atoms with van der Waals surface area (Å²) in [6.45, 7) is 9.38. The zero-order chi connectivity index (χ0) is 17.4. The Labute approximate surface area is 150 Å². The van der Waals surface area contributed by atoms with Gasteiger partial charge in [-0.3, -0.25) is 0 Å². The summed E-state index contributed by atoms with van der Waals surface area (Å²) in [4.78, 5) is 0. The van der Waals surface area contributed by atoms with Crippen LogP contribution < -0.4 is 0 Å².